The number of ether oxygens (including phenoxy) is 1. The van der Waals surface area contributed by atoms with Crippen molar-refractivity contribution in [2.75, 3.05) is 19.7 Å². The molecule has 2 aromatic rings. The second-order valence-corrected chi connectivity index (χ2v) is 12.3. The summed E-state index contributed by atoms with van der Waals surface area (Å²) in [7, 11) is 0. The molecule has 1 saturated heterocycles. The molecule has 0 saturated carbocycles. The molecule has 4 rings (SSSR count). The minimum atomic E-state index is -1.41. The topological polar surface area (TPSA) is 141 Å². The highest BCUT2D eigenvalue weighted by Gasteiger charge is 2.35. The van der Waals surface area contributed by atoms with Gasteiger partial charge in [-0.1, -0.05) is 36.4 Å². The Hall–Kier alpha value is -4.39. The maximum atomic E-state index is 13.8. The van der Waals surface area contributed by atoms with E-state index in [9.17, 15) is 24.4 Å². The number of amides is 4. The van der Waals surface area contributed by atoms with E-state index >= 15 is 0 Å². The highest BCUT2D eigenvalue weighted by Crippen LogP contribution is 2.23. The number of carbonyl (C=O) groups excluding carboxylic acids is 4. The van der Waals surface area contributed by atoms with Crippen molar-refractivity contribution in [1.82, 2.24) is 20.9 Å². The van der Waals surface area contributed by atoms with Gasteiger partial charge >= 0.3 is 0 Å². The standard InChI is InChI=1S/C34H43N5O5/c1-23-11-13-27-18-26(23)20-36-31(41)28(14-12-24-8-5-4-6-9-24)37-32(42)29(38-33(43)34(2,3)22-35)19-30(40)39-16-7-10-25(21-39)15-17-44-27/h4-6,8-9,11,13,18,25,28-29H,7,10,12,14-17,19-21H2,1-3H3,(H,36,41)(H,37,42)(H,38,43)/t25?,28-,29-/m0/s1. The van der Waals surface area contributed by atoms with Gasteiger partial charge in [0.2, 0.25) is 23.6 Å². The summed E-state index contributed by atoms with van der Waals surface area (Å²) >= 11 is 0. The Bertz CT molecular complexity index is 1390. The summed E-state index contributed by atoms with van der Waals surface area (Å²) < 4.78 is 6.07. The van der Waals surface area contributed by atoms with Gasteiger partial charge in [-0.25, -0.2) is 0 Å². The smallest absolute Gasteiger partial charge is 0.243 e. The van der Waals surface area contributed by atoms with Crippen LogP contribution in [0.5, 0.6) is 5.75 Å². The van der Waals surface area contributed by atoms with Gasteiger partial charge in [-0.15, -0.1) is 0 Å². The molecule has 10 nitrogen and oxygen atoms in total. The molecule has 1 unspecified atom stereocenters. The van der Waals surface area contributed by atoms with Gasteiger partial charge in [0.05, 0.1) is 19.1 Å². The summed E-state index contributed by atoms with van der Waals surface area (Å²) in [5, 5.41) is 17.9. The average molecular weight is 602 g/mol. The lowest BCUT2D eigenvalue weighted by molar-refractivity contribution is -0.139. The van der Waals surface area contributed by atoms with Crippen molar-refractivity contribution in [3.8, 4) is 11.8 Å². The SMILES string of the molecule is Cc1ccc2cc1CNC(=O)[C@H](CCc1ccccc1)NC(=O)[C@@H](NC(=O)C(C)(C)C#N)CC(=O)N1CCCC(CCO2)C1. The average Bonchev–Trinajstić information content (AvgIpc) is 3.02. The van der Waals surface area contributed by atoms with Crippen LogP contribution in [0.2, 0.25) is 0 Å². The first-order chi connectivity index (χ1) is 21.1. The molecule has 0 aromatic heterocycles. The third-order valence-corrected chi connectivity index (χ3v) is 8.49. The first-order valence-corrected chi connectivity index (χ1v) is 15.4. The number of nitrogens with zero attached hydrogens (tertiary/aromatic N) is 2. The normalized spacial score (nSPS) is 21.9. The fraction of sp³-hybridized carbons (Fsp3) is 0.500. The van der Waals surface area contributed by atoms with Crippen molar-refractivity contribution in [2.45, 2.75) is 77.9 Å². The van der Waals surface area contributed by atoms with Gasteiger partial charge in [-0.2, -0.15) is 5.26 Å². The maximum absolute atomic E-state index is 13.8. The van der Waals surface area contributed by atoms with Crippen LogP contribution in [0, 0.1) is 29.6 Å². The molecule has 234 valence electrons. The zero-order valence-electron chi connectivity index (χ0n) is 25.9. The van der Waals surface area contributed by atoms with E-state index in [4.69, 9.17) is 4.74 Å². The molecular formula is C34H43N5O5. The first kappa shape index (κ1) is 32.5. The second-order valence-electron chi connectivity index (χ2n) is 12.3. The lowest BCUT2D eigenvalue weighted by Crippen LogP contribution is -2.56. The highest BCUT2D eigenvalue weighted by atomic mass is 16.5. The van der Waals surface area contributed by atoms with E-state index in [0.717, 1.165) is 41.7 Å². The van der Waals surface area contributed by atoms with Crippen molar-refractivity contribution < 1.29 is 23.9 Å². The van der Waals surface area contributed by atoms with Gasteiger partial charge in [0.15, 0.2) is 0 Å². The number of piperidine rings is 1. The lowest BCUT2D eigenvalue weighted by atomic mass is 9.93. The Kier molecular flexibility index (Phi) is 11.0. The van der Waals surface area contributed by atoms with Crippen LogP contribution in [0.4, 0.5) is 0 Å². The summed E-state index contributed by atoms with van der Waals surface area (Å²) in [6, 6.07) is 15.2. The number of aryl methyl sites for hydroxylation is 2. The number of nitriles is 1. The molecule has 3 N–H and O–H groups in total. The molecule has 0 radical (unpaired) electrons. The van der Waals surface area contributed by atoms with Gasteiger partial charge in [0, 0.05) is 19.6 Å². The molecule has 10 heteroatoms. The van der Waals surface area contributed by atoms with Crippen LogP contribution in [0.1, 0.15) is 62.6 Å². The molecule has 0 aliphatic carbocycles. The molecule has 4 bridgehead atoms. The monoisotopic (exact) mass is 601 g/mol. The molecule has 2 aliphatic rings. The number of hydrogen-bond acceptors (Lipinski definition) is 6. The van der Waals surface area contributed by atoms with Crippen LogP contribution in [-0.4, -0.2) is 60.3 Å². The van der Waals surface area contributed by atoms with Crippen molar-refractivity contribution in [2.24, 2.45) is 11.3 Å². The number of hydrogen-bond donors (Lipinski definition) is 3. The fourth-order valence-electron chi connectivity index (χ4n) is 5.50. The van der Waals surface area contributed by atoms with Gasteiger partial charge in [-0.3, -0.25) is 19.2 Å². The van der Waals surface area contributed by atoms with Crippen molar-refractivity contribution in [1.29, 1.82) is 5.26 Å². The van der Waals surface area contributed by atoms with Crippen molar-refractivity contribution >= 4 is 23.6 Å². The van der Waals surface area contributed by atoms with Crippen LogP contribution in [-0.2, 0) is 32.1 Å². The third-order valence-electron chi connectivity index (χ3n) is 8.49. The lowest BCUT2D eigenvalue weighted by Gasteiger charge is -2.34. The van der Waals surface area contributed by atoms with Crippen LogP contribution in [0.25, 0.3) is 0 Å². The minimum Gasteiger partial charge on any atom is -0.494 e. The maximum Gasteiger partial charge on any atom is 0.243 e. The number of fused-ring (bicyclic) bond motifs is 4. The summed E-state index contributed by atoms with van der Waals surface area (Å²) in [4.78, 5) is 55.6. The summed E-state index contributed by atoms with van der Waals surface area (Å²) in [5.41, 5.74) is 1.50. The van der Waals surface area contributed by atoms with Gasteiger partial charge in [0.1, 0.15) is 23.2 Å². The molecule has 44 heavy (non-hydrogen) atoms. The second kappa shape index (κ2) is 14.9. The molecule has 3 atom stereocenters. The highest BCUT2D eigenvalue weighted by molar-refractivity contribution is 5.96. The zero-order chi connectivity index (χ0) is 31.7. The molecule has 2 aromatic carbocycles. The van der Waals surface area contributed by atoms with Crippen LogP contribution in [0.3, 0.4) is 0 Å². The molecule has 1 fully saturated rings. The fourth-order valence-corrected chi connectivity index (χ4v) is 5.50. The summed E-state index contributed by atoms with van der Waals surface area (Å²) in [6.07, 6.45) is 3.11. The van der Waals surface area contributed by atoms with Gasteiger partial charge in [0.25, 0.3) is 0 Å². The third kappa shape index (κ3) is 8.82. The Balaban J connectivity index is 1.63. The van der Waals surface area contributed by atoms with Gasteiger partial charge in [-0.05, 0) is 87.6 Å². The Morgan fingerprint density at radius 2 is 1.89 bits per heavy atom. The van der Waals surface area contributed by atoms with Crippen molar-refractivity contribution in [3.63, 3.8) is 0 Å². The van der Waals surface area contributed by atoms with E-state index in [0.29, 0.717) is 32.5 Å². The van der Waals surface area contributed by atoms with Gasteiger partial charge < -0.3 is 25.6 Å². The van der Waals surface area contributed by atoms with E-state index in [-0.39, 0.29) is 30.7 Å². The van der Waals surface area contributed by atoms with E-state index < -0.39 is 29.3 Å². The molecule has 0 spiro atoms. The number of rotatable bonds is 5. The zero-order valence-corrected chi connectivity index (χ0v) is 25.9. The first-order valence-electron chi connectivity index (χ1n) is 15.4. The predicted octanol–water partition coefficient (Wildman–Crippen LogP) is 3.17. The van der Waals surface area contributed by atoms with Crippen LogP contribution in [0.15, 0.2) is 48.5 Å². The van der Waals surface area contributed by atoms with E-state index in [1.54, 1.807) is 4.90 Å². The van der Waals surface area contributed by atoms with E-state index in [1.807, 2.05) is 61.5 Å². The van der Waals surface area contributed by atoms with E-state index in [1.165, 1.54) is 13.8 Å². The number of nitrogens with one attached hydrogen (secondary N) is 3. The number of benzene rings is 2. The predicted molar refractivity (Wildman–Crippen MR) is 165 cm³/mol. The van der Waals surface area contributed by atoms with Crippen molar-refractivity contribution in [3.05, 3.63) is 65.2 Å². The summed E-state index contributed by atoms with van der Waals surface area (Å²) in [6.45, 7) is 6.71. The quantitative estimate of drug-likeness (QED) is 0.481. The Morgan fingerprint density at radius 1 is 1.11 bits per heavy atom. The molecule has 2 heterocycles. The van der Waals surface area contributed by atoms with Crippen LogP contribution < -0.4 is 20.7 Å². The minimum absolute atomic E-state index is 0.242. The van der Waals surface area contributed by atoms with E-state index in [2.05, 4.69) is 16.0 Å². The molecular weight excluding hydrogens is 558 g/mol. The Labute approximate surface area is 259 Å². The largest absolute Gasteiger partial charge is 0.494 e. The molecule has 2 aliphatic heterocycles. The Morgan fingerprint density at radius 3 is 2.64 bits per heavy atom. The number of carbonyl (C=O) groups is 4. The molecule has 4 amide bonds. The summed E-state index contributed by atoms with van der Waals surface area (Å²) in [5.74, 6) is -0.983. The van der Waals surface area contributed by atoms with Crippen LogP contribution >= 0.6 is 0 Å².